The molecule has 0 radical (unpaired) electrons. The van der Waals surface area contributed by atoms with Crippen molar-refractivity contribution < 1.29 is 4.79 Å². The van der Waals surface area contributed by atoms with Crippen molar-refractivity contribution in [2.45, 2.75) is 31.8 Å². The molecule has 3 nitrogen and oxygen atoms in total. The summed E-state index contributed by atoms with van der Waals surface area (Å²) in [6.07, 6.45) is 2.37. The lowest BCUT2D eigenvalue weighted by Crippen LogP contribution is -2.43. The molecule has 0 aromatic carbocycles. The maximum Gasteiger partial charge on any atom is 0.238 e. The van der Waals surface area contributed by atoms with Gasteiger partial charge >= 0.3 is 0 Å². The van der Waals surface area contributed by atoms with Crippen LogP contribution >= 0.6 is 11.8 Å². The molecule has 0 spiro atoms. The van der Waals surface area contributed by atoms with Gasteiger partial charge in [-0.05, 0) is 12.3 Å². The molecule has 1 amide bonds. The van der Waals surface area contributed by atoms with Crippen LogP contribution in [0.5, 0.6) is 0 Å². The van der Waals surface area contributed by atoms with E-state index in [1.807, 2.05) is 0 Å². The van der Waals surface area contributed by atoms with Gasteiger partial charge in [0.25, 0.3) is 0 Å². The van der Waals surface area contributed by atoms with E-state index >= 15 is 0 Å². The summed E-state index contributed by atoms with van der Waals surface area (Å²) in [4.78, 5) is 11.6. The van der Waals surface area contributed by atoms with Crippen LogP contribution in [0.3, 0.4) is 0 Å². The average molecular weight is 200 g/mol. The average Bonchev–Trinajstić information content (AvgIpc) is 2.68. The molecule has 74 valence electrons. The quantitative estimate of drug-likeness (QED) is 0.699. The monoisotopic (exact) mass is 200 g/mol. The zero-order valence-electron chi connectivity index (χ0n) is 7.88. The number of thioether (sulfide) groups is 1. The summed E-state index contributed by atoms with van der Waals surface area (Å²) in [7, 11) is 0. The number of hydrogen-bond donors (Lipinski definition) is 2. The van der Waals surface area contributed by atoms with Crippen molar-refractivity contribution in [1.29, 1.82) is 0 Å². The van der Waals surface area contributed by atoms with E-state index < -0.39 is 0 Å². The summed E-state index contributed by atoms with van der Waals surface area (Å²) in [5.74, 6) is 2.79. The molecule has 1 saturated heterocycles. The molecular weight excluding hydrogens is 184 g/mol. The summed E-state index contributed by atoms with van der Waals surface area (Å²) in [5, 5.41) is 6.26. The van der Waals surface area contributed by atoms with Crippen LogP contribution in [-0.2, 0) is 4.79 Å². The molecular formula is C9H16N2OS. The van der Waals surface area contributed by atoms with E-state index in [1.54, 1.807) is 11.8 Å². The van der Waals surface area contributed by atoms with E-state index in [0.717, 1.165) is 17.5 Å². The van der Waals surface area contributed by atoms with Gasteiger partial charge in [0.15, 0.2) is 0 Å². The summed E-state index contributed by atoms with van der Waals surface area (Å²) in [6.45, 7) is 2.18. The topological polar surface area (TPSA) is 41.1 Å². The third-order valence-corrected chi connectivity index (χ3v) is 3.75. The molecule has 0 aromatic heterocycles. The van der Waals surface area contributed by atoms with Gasteiger partial charge in [0.2, 0.25) is 5.91 Å². The lowest BCUT2D eigenvalue weighted by Gasteiger charge is -2.09. The van der Waals surface area contributed by atoms with Crippen molar-refractivity contribution in [1.82, 2.24) is 10.6 Å². The van der Waals surface area contributed by atoms with Gasteiger partial charge in [-0.3, -0.25) is 10.1 Å². The van der Waals surface area contributed by atoms with Crippen LogP contribution in [0.1, 0.15) is 19.8 Å². The third kappa shape index (κ3) is 2.17. The Kier molecular flexibility index (Phi) is 2.79. The van der Waals surface area contributed by atoms with Gasteiger partial charge in [0.05, 0.1) is 6.04 Å². The second-order valence-corrected chi connectivity index (χ2v) is 4.82. The van der Waals surface area contributed by atoms with Gasteiger partial charge in [-0.15, -0.1) is 11.8 Å². The maximum atomic E-state index is 11.6. The first-order valence-corrected chi connectivity index (χ1v) is 6.08. The van der Waals surface area contributed by atoms with Crippen LogP contribution in [0.2, 0.25) is 0 Å². The fourth-order valence-electron chi connectivity index (χ4n) is 1.72. The van der Waals surface area contributed by atoms with Crippen LogP contribution < -0.4 is 10.6 Å². The zero-order chi connectivity index (χ0) is 9.26. The minimum absolute atomic E-state index is 0.0584. The van der Waals surface area contributed by atoms with Crippen molar-refractivity contribution in [2.75, 3.05) is 11.6 Å². The highest BCUT2D eigenvalue weighted by Gasteiger charge is 2.38. The Hall–Kier alpha value is -0.220. The summed E-state index contributed by atoms with van der Waals surface area (Å²) in [5.41, 5.74) is 0. The van der Waals surface area contributed by atoms with E-state index in [1.165, 1.54) is 12.8 Å². The number of amides is 1. The predicted octanol–water partition coefficient (Wildman–Crippen LogP) is 0.564. The zero-order valence-corrected chi connectivity index (χ0v) is 8.69. The number of rotatable bonds is 3. The first-order valence-electron chi connectivity index (χ1n) is 4.92. The van der Waals surface area contributed by atoms with Gasteiger partial charge in [0.1, 0.15) is 0 Å². The summed E-state index contributed by atoms with van der Waals surface area (Å²) < 4.78 is 0. The van der Waals surface area contributed by atoms with Crippen molar-refractivity contribution >= 4 is 17.7 Å². The summed E-state index contributed by atoms with van der Waals surface area (Å²) in [6, 6.07) is 0.535. The largest absolute Gasteiger partial charge is 0.352 e. The fraction of sp³-hybridized carbons (Fsp3) is 0.889. The second kappa shape index (κ2) is 3.88. The van der Waals surface area contributed by atoms with E-state index in [4.69, 9.17) is 0 Å². The van der Waals surface area contributed by atoms with Crippen molar-refractivity contribution in [3.05, 3.63) is 0 Å². The van der Waals surface area contributed by atoms with E-state index in [-0.39, 0.29) is 11.9 Å². The van der Waals surface area contributed by atoms with Crippen LogP contribution in [0.15, 0.2) is 0 Å². The minimum atomic E-state index is 0.0584. The van der Waals surface area contributed by atoms with E-state index in [9.17, 15) is 4.79 Å². The highest BCUT2D eigenvalue weighted by Crippen LogP contribution is 2.33. The Balaban J connectivity index is 1.72. The Morgan fingerprint density at radius 1 is 1.69 bits per heavy atom. The molecule has 0 bridgehead atoms. The first-order chi connectivity index (χ1) is 6.31. The van der Waals surface area contributed by atoms with E-state index in [0.29, 0.717) is 6.04 Å². The van der Waals surface area contributed by atoms with Crippen LogP contribution in [0.4, 0.5) is 0 Å². The molecule has 1 aliphatic heterocycles. The molecule has 0 aromatic rings. The molecule has 3 unspecified atom stereocenters. The Bertz CT molecular complexity index is 204. The van der Waals surface area contributed by atoms with Crippen molar-refractivity contribution in [3.63, 3.8) is 0 Å². The van der Waals surface area contributed by atoms with Gasteiger partial charge < -0.3 is 5.32 Å². The number of hydrogen-bond acceptors (Lipinski definition) is 3. The SMILES string of the molecule is CCC1CC1NC(=O)C1CSCN1. The standard InChI is InChI=1S/C9H16N2OS/c1-2-6-3-7(6)11-9(12)8-4-13-5-10-8/h6-8,10H,2-5H2,1H3,(H,11,12). The molecule has 1 aliphatic carbocycles. The number of carbonyl (C=O) groups is 1. The summed E-state index contributed by atoms with van der Waals surface area (Å²) >= 11 is 1.79. The molecule has 2 aliphatic rings. The van der Waals surface area contributed by atoms with E-state index in [2.05, 4.69) is 17.6 Å². The van der Waals surface area contributed by atoms with Gasteiger partial charge in [-0.1, -0.05) is 13.3 Å². The predicted molar refractivity (Wildman–Crippen MR) is 54.6 cm³/mol. The van der Waals surface area contributed by atoms with Gasteiger partial charge in [-0.25, -0.2) is 0 Å². The highest BCUT2D eigenvalue weighted by molar-refractivity contribution is 7.99. The minimum Gasteiger partial charge on any atom is -0.352 e. The lowest BCUT2D eigenvalue weighted by atomic mass is 10.3. The molecule has 13 heavy (non-hydrogen) atoms. The molecule has 2 rings (SSSR count). The second-order valence-electron chi connectivity index (χ2n) is 3.79. The van der Waals surface area contributed by atoms with Crippen LogP contribution in [-0.4, -0.2) is 29.6 Å². The highest BCUT2D eigenvalue weighted by atomic mass is 32.2. The molecule has 2 N–H and O–H groups in total. The van der Waals surface area contributed by atoms with Crippen molar-refractivity contribution in [3.8, 4) is 0 Å². The Morgan fingerprint density at radius 2 is 2.54 bits per heavy atom. The number of nitrogens with one attached hydrogen (secondary N) is 2. The third-order valence-electron chi connectivity index (χ3n) is 2.81. The lowest BCUT2D eigenvalue weighted by molar-refractivity contribution is -0.122. The molecule has 1 heterocycles. The molecule has 4 heteroatoms. The molecule has 3 atom stereocenters. The number of carbonyl (C=O) groups excluding carboxylic acids is 1. The van der Waals surface area contributed by atoms with Crippen molar-refractivity contribution in [2.24, 2.45) is 5.92 Å². The normalized spacial score (nSPS) is 37.5. The Labute approximate surface area is 83.0 Å². The first kappa shape index (κ1) is 9.34. The van der Waals surface area contributed by atoms with Crippen LogP contribution in [0.25, 0.3) is 0 Å². The van der Waals surface area contributed by atoms with Crippen LogP contribution in [0, 0.1) is 5.92 Å². The maximum absolute atomic E-state index is 11.6. The molecule has 2 fully saturated rings. The fourth-order valence-corrected chi connectivity index (χ4v) is 2.66. The smallest absolute Gasteiger partial charge is 0.238 e. The van der Waals surface area contributed by atoms with Gasteiger partial charge in [-0.2, -0.15) is 0 Å². The molecule has 1 saturated carbocycles. The Morgan fingerprint density at radius 3 is 3.08 bits per heavy atom. The van der Waals surface area contributed by atoms with Gasteiger partial charge in [0, 0.05) is 17.7 Å².